The molecule has 6 aromatic rings. The largest absolute Gasteiger partial charge is 0.494 e. The van der Waals surface area contributed by atoms with E-state index in [1.807, 2.05) is 42.6 Å². The van der Waals surface area contributed by atoms with Crippen molar-refractivity contribution in [2.24, 2.45) is 0 Å². The maximum atomic E-state index is 13.6. The first kappa shape index (κ1) is 43.8. The molecule has 0 aliphatic carbocycles. The Morgan fingerprint density at radius 2 is 1.67 bits per heavy atom. The van der Waals surface area contributed by atoms with Gasteiger partial charge in [-0.1, -0.05) is 37.3 Å². The van der Waals surface area contributed by atoms with Crippen LogP contribution in [0, 0.1) is 0 Å². The summed E-state index contributed by atoms with van der Waals surface area (Å²) >= 11 is 3.61. The predicted molar refractivity (Wildman–Crippen MR) is 258 cm³/mol. The fraction of sp³-hybridized carbons (Fsp3) is 0.404. The number of amides is 2. The summed E-state index contributed by atoms with van der Waals surface area (Å²) in [6, 6.07) is 18.4. The van der Waals surface area contributed by atoms with E-state index in [4.69, 9.17) is 9.72 Å². The maximum Gasteiger partial charge on any atom is 0.251 e. The van der Waals surface area contributed by atoms with Crippen molar-refractivity contribution in [3.05, 3.63) is 88.8 Å². The number of benzene rings is 3. The second kappa shape index (κ2) is 18.6. The number of nitrogens with zero attached hydrogens (tertiary/aromatic N) is 8. The molecule has 0 spiro atoms. The summed E-state index contributed by atoms with van der Waals surface area (Å²) in [5.74, 6) is 1.13. The van der Waals surface area contributed by atoms with Crippen LogP contribution in [0.4, 0.5) is 28.8 Å². The number of methoxy groups -OCH3 is 1. The molecule has 6 heterocycles. The molecule has 0 saturated carbocycles. The molecule has 64 heavy (non-hydrogen) atoms. The van der Waals surface area contributed by atoms with Crippen molar-refractivity contribution in [3.8, 4) is 5.75 Å². The SMILES string of the molecule is CCc1cc(Nc2ncc(Br)c(Nc3cnc4ccccc4c3P(C)(C)=O)n2)c(OC)cc1N1CCC(N2CCN(CCc3cccc4c3cnn4C3CCC(=O)NC3=O)CC2)CC1. The van der Waals surface area contributed by atoms with Crippen molar-refractivity contribution in [3.63, 3.8) is 0 Å². The Hall–Kier alpha value is -5.41. The van der Waals surface area contributed by atoms with Crippen LogP contribution in [-0.2, 0) is 27.0 Å². The number of rotatable bonds is 13. The predicted octanol–water partition coefficient (Wildman–Crippen LogP) is 7.25. The van der Waals surface area contributed by atoms with E-state index in [0.717, 1.165) is 104 Å². The van der Waals surface area contributed by atoms with E-state index in [-0.39, 0.29) is 11.8 Å². The summed E-state index contributed by atoms with van der Waals surface area (Å²) in [5, 5.41) is 16.5. The number of aryl methyl sites for hydroxylation is 1. The van der Waals surface area contributed by atoms with Crippen LogP contribution in [0.25, 0.3) is 21.8 Å². The highest BCUT2D eigenvalue weighted by molar-refractivity contribution is 9.10. The Morgan fingerprint density at radius 3 is 2.42 bits per heavy atom. The summed E-state index contributed by atoms with van der Waals surface area (Å²) in [4.78, 5) is 46.1. The first-order valence-corrected chi connectivity index (χ1v) is 25.6. The fourth-order valence-corrected chi connectivity index (χ4v) is 11.4. The van der Waals surface area contributed by atoms with Crippen molar-refractivity contribution in [1.82, 2.24) is 39.8 Å². The lowest BCUT2D eigenvalue weighted by Crippen LogP contribution is -2.53. The summed E-state index contributed by atoms with van der Waals surface area (Å²) in [7, 11) is -1.02. The number of carbonyl (C=O) groups excluding carboxylic acids is 2. The number of piperazine rings is 1. The summed E-state index contributed by atoms with van der Waals surface area (Å²) in [6.07, 6.45) is 10.1. The minimum atomic E-state index is -2.71. The van der Waals surface area contributed by atoms with Gasteiger partial charge in [0.05, 0.1) is 46.4 Å². The van der Waals surface area contributed by atoms with Gasteiger partial charge in [-0.2, -0.15) is 10.1 Å². The number of hydrogen-bond donors (Lipinski definition) is 3. The Bertz CT molecular complexity index is 2760. The zero-order valence-corrected chi connectivity index (χ0v) is 39.3. The molecule has 17 heteroatoms. The summed E-state index contributed by atoms with van der Waals surface area (Å²) < 4.78 is 22.0. The van der Waals surface area contributed by atoms with E-state index in [2.05, 4.69) is 86.8 Å². The number of piperidine rings is 2. The molecule has 1 atom stereocenters. The number of fused-ring (bicyclic) bond motifs is 2. The number of imide groups is 1. The van der Waals surface area contributed by atoms with Crippen LogP contribution in [0.15, 0.2) is 77.7 Å². The number of ether oxygens (including phenoxy) is 1. The molecule has 1 unspecified atom stereocenters. The number of halogens is 1. The van der Waals surface area contributed by atoms with Gasteiger partial charge in [-0.05, 0) is 90.7 Å². The Kier molecular flexibility index (Phi) is 12.7. The molecule has 3 aromatic heterocycles. The smallest absolute Gasteiger partial charge is 0.251 e. The molecule has 0 radical (unpaired) electrons. The Labute approximate surface area is 381 Å². The van der Waals surface area contributed by atoms with Crippen LogP contribution in [0.5, 0.6) is 5.75 Å². The van der Waals surface area contributed by atoms with Gasteiger partial charge < -0.3 is 29.7 Å². The normalized spacial score (nSPS) is 18.1. The second-order valence-electron chi connectivity index (χ2n) is 17.3. The van der Waals surface area contributed by atoms with Crippen molar-refractivity contribution < 1.29 is 18.9 Å². The molecule has 3 N–H and O–H groups in total. The highest BCUT2D eigenvalue weighted by Crippen LogP contribution is 2.42. The molecular weight excluding hydrogens is 893 g/mol. The van der Waals surface area contributed by atoms with Crippen molar-refractivity contribution in [2.75, 3.05) is 81.8 Å². The third-order valence-electron chi connectivity index (χ3n) is 13.0. The molecule has 2 amide bonds. The number of pyridine rings is 1. The topological polar surface area (TPSA) is 163 Å². The number of hydrogen-bond acceptors (Lipinski definition) is 13. The van der Waals surface area contributed by atoms with Crippen LogP contribution >= 0.6 is 23.1 Å². The number of anilines is 5. The van der Waals surface area contributed by atoms with Crippen molar-refractivity contribution in [1.29, 1.82) is 0 Å². The zero-order chi connectivity index (χ0) is 44.5. The highest BCUT2D eigenvalue weighted by atomic mass is 79.9. The molecule has 3 aliphatic heterocycles. The van der Waals surface area contributed by atoms with E-state index in [9.17, 15) is 14.2 Å². The van der Waals surface area contributed by atoms with E-state index < -0.39 is 13.2 Å². The lowest BCUT2D eigenvalue weighted by Gasteiger charge is -2.43. The third kappa shape index (κ3) is 9.10. The minimum absolute atomic E-state index is 0.218. The van der Waals surface area contributed by atoms with E-state index in [1.54, 1.807) is 37.5 Å². The van der Waals surface area contributed by atoms with Gasteiger partial charge in [0.1, 0.15) is 24.8 Å². The second-order valence-corrected chi connectivity index (χ2v) is 21.3. The lowest BCUT2D eigenvalue weighted by atomic mass is 9.99. The first-order chi connectivity index (χ1) is 31.0. The average Bonchev–Trinajstić information content (AvgIpc) is 3.73. The van der Waals surface area contributed by atoms with Crippen LogP contribution in [0.1, 0.15) is 49.8 Å². The molecule has 15 nitrogen and oxygen atoms in total. The zero-order valence-electron chi connectivity index (χ0n) is 36.8. The van der Waals surface area contributed by atoms with E-state index in [1.165, 1.54) is 16.8 Å². The number of aromatic nitrogens is 5. The van der Waals surface area contributed by atoms with Crippen LogP contribution in [-0.4, -0.2) is 119 Å². The number of para-hydroxylation sites is 1. The van der Waals surface area contributed by atoms with Crippen molar-refractivity contribution >= 4 is 90.8 Å². The van der Waals surface area contributed by atoms with Gasteiger partial charge in [-0.25, -0.2) is 4.98 Å². The molecule has 9 rings (SSSR count). The van der Waals surface area contributed by atoms with Gasteiger partial charge in [0.25, 0.3) is 5.91 Å². The van der Waals surface area contributed by atoms with Gasteiger partial charge in [0.2, 0.25) is 11.9 Å². The summed E-state index contributed by atoms with van der Waals surface area (Å²) in [5.41, 5.74) is 6.80. The Morgan fingerprint density at radius 1 is 0.875 bits per heavy atom. The first-order valence-electron chi connectivity index (χ1n) is 22.2. The maximum absolute atomic E-state index is 13.6. The standard InChI is InChI=1S/C47H55BrN11O4P/c1-5-30-25-37(53-47-50-28-35(48)45(55-47)52-38-29-49-36-11-7-6-10-33(36)44(38)64(3,4)62)42(63-2)26-41(30)58-19-16-32(17-20-58)57-23-21-56(22-24-57)18-15-31-9-8-12-39-34(31)27-51-59(39)40-13-14-43(60)54-46(40)61/h6-12,25-29,32,40H,5,13-24H2,1-4H3,(H,54,60,61)(H2,50,52,53,55). The minimum Gasteiger partial charge on any atom is -0.494 e. The highest BCUT2D eigenvalue weighted by Gasteiger charge is 2.31. The van der Waals surface area contributed by atoms with Gasteiger partial charge in [-0.15, -0.1) is 0 Å². The molecule has 0 bridgehead atoms. The molecule has 3 fully saturated rings. The van der Waals surface area contributed by atoms with Gasteiger partial charge >= 0.3 is 0 Å². The van der Waals surface area contributed by atoms with Gasteiger partial charge in [0.15, 0.2) is 0 Å². The van der Waals surface area contributed by atoms with E-state index >= 15 is 0 Å². The monoisotopic (exact) mass is 947 g/mol. The fourth-order valence-electron chi connectivity index (χ4n) is 9.63. The third-order valence-corrected chi connectivity index (χ3v) is 15.1. The van der Waals surface area contributed by atoms with Gasteiger partial charge in [-0.3, -0.25) is 29.5 Å². The molecule has 3 aliphatic rings. The molecule has 3 aromatic carbocycles. The van der Waals surface area contributed by atoms with Gasteiger partial charge in [0, 0.05) is 92.3 Å². The van der Waals surface area contributed by atoms with Crippen molar-refractivity contribution in [2.45, 2.75) is 57.5 Å². The quantitative estimate of drug-likeness (QED) is 0.0785. The van der Waals surface area contributed by atoms with Crippen LogP contribution in [0.3, 0.4) is 0 Å². The lowest BCUT2D eigenvalue weighted by molar-refractivity contribution is -0.135. The molecular formula is C47H55BrN11O4P. The van der Waals surface area contributed by atoms with Crippen LogP contribution < -0.4 is 30.9 Å². The average molecular weight is 949 g/mol. The van der Waals surface area contributed by atoms with E-state index in [0.29, 0.717) is 46.6 Å². The summed E-state index contributed by atoms with van der Waals surface area (Å²) in [6.45, 7) is 12.8. The number of nitrogens with one attached hydrogen (secondary N) is 3. The Balaban J connectivity index is 0.808. The van der Waals surface area contributed by atoms with Crippen LogP contribution in [0.2, 0.25) is 0 Å². The molecule has 3 saturated heterocycles. The molecule has 334 valence electrons. The number of carbonyl (C=O) groups is 2.